The van der Waals surface area contributed by atoms with Crippen LogP contribution in [0, 0.1) is 11.8 Å². The molecule has 0 amide bonds. The second kappa shape index (κ2) is 6.46. The Balaban J connectivity index is 2.62. The Morgan fingerprint density at radius 2 is 1.93 bits per heavy atom. The zero-order chi connectivity index (χ0) is 11.3. The molecular weight excluding hydrogens is 188 g/mol. The summed E-state index contributed by atoms with van der Waals surface area (Å²) in [7, 11) is 4.36. The highest BCUT2D eigenvalue weighted by Crippen LogP contribution is 2.27. The summed E-state index contributed by atoms with van der Waals surface area (Å²) in [5.74, 6) is 1.39. The molecule has 1 heterocycles. The maximum atomic E-state index is 5.87. The van der Waals surface area contributed by atoms with Crippen LogP contribution in [-0.2, 0) is 4.74 Å². The minimum Gasteiger partial charge on any atom is -0.381 e. The Bertz CT molecular complexity index is 163. The summed E-state index contributed by atoms with van der Waals surface area (Å²) in [5.41, 5.74) is 5.87. The lowest BCUT2D eigenvalue weighted by Crippen LogP contribution is -2.45. The van der Waals surface area contributed by atoms with Crippen LogP contribution in [0.3, 0.4) is 0 Å². The molecule has 2 N–H and O–H groups in total. The molecule has 3 heteroatoms. The van der Waals surface area contributed by atoms with E-state index in [1.165, 1.54) is 19.3 Å². The lowest BCUT2D eigenvalue weighted by molar-refractivity contribution is 0.0210. The average molecular weight is 214 g/mol. The summed E-state index contributed by atoms with van der Waals surface area (Å²) in [4.78, 5) is 2.36. The fraction of sp³-hybridized carbons (Fsp3) is 1.00. The highest BCUT2D eigenvalue weighted by molar-refractivity contribution is 4.84. The number of rotatable bonds is 5. The van der Waals surface area contributed by atoms with Crippen molar-refractivity contribution in [3.63, 3.8) is 0 Å². The predicted octanol–water partition coefficient (Wildman–Crippen LogP) is 1.33. The SMILES string of the molecule is CCC(CN)C(C1CCOCC1)N(C)C. The average Bonchev–Trinajstić information content (AvgIpc) is 2.26. The Morgan fingerprint density at radius 3 is 2.33 bits per heavy atom. The molecule has 0 aliphatic carbocycles. The monoisotopic (exact) mass is 214 g/mol. The van der Waals surface area contributed by atoms with E-state index in [4.69, 9.17) is 10.5 Å². The van der Waals surface area contributed by atoms with E-state index in [9.17, 15) is 0 Å². The van der Waals surface area contributed by atoms with Crippen molar-refractivity contribution in [1.82, 2.24) is 4.90 Å². The molecule has 0 aromatic rings. The van der Waals surface area contributed by atoms with E-state index >= 15 is 0 Å². The minimum atomic E-state index is 0.628. The van der Waals surface area contributed by atoms with E-state index in [0.717, 1.165) is 25.7 Å². The number of hydrogen-bond acceptors (Lipinski definition) is 3. The third-order valence-electron chi connectivity index (χ3n) is 3.66. The zero-order valence-corrected chi connectivity index (χ0v) is 10.4. The standard InChI is InChI=1S/C12H26N2O/c1-4-10(9-13)12(14(2)3)11-5-7-15-8-6-11/h10-12H,4-9,13H2,1-3H3. The topological polar surface area (TPSA) is 38.5 Å². The summed E-state index contributed by atoms with van der Waals surface area (Å²) in [6.07, 6.45) is 3.56. The normalized spacial score (nSPS) is 23.0. The van der Waals surface area contributed by atoms with Crippen molar-refractivity contribution >= 4 is 0 Å². The van der Waals surface area contributed by atoms with Crippen LogP contribution in [0.1, 0.15) is 26.2 Å². The highest BCUT2D eigenvalue weighted by Gasteiger charge is 2.30. The molecule has 0 saturated carbocycles. The molecule has 0 radical (unpaired) electrons. The van der Waals surface area contributed by atoms with Gasteiger partial charge in [-0.2, -0.15) is 0 Å². The van der Waals surface area contributed by atoms with Gasteiger partial charge in [0.2, 0.25) is 0 Å². The Hall–Kier alpha value is -0.120. The van der Waals surface area contributed by atoms with Gasteiger partial charge >= 0.3 is 0 Å². The largest absolute Gasteiger partial charge is 0.381 e. The summed E-state index contributed by atoms with van der Waals surface area (Å²) < 4.78 is 5.43. The molecule has 0 aromatic carbocycles. The lowest BCUT2D eigenvalue weighted by Gasteiger charge is -2.39. The number of nitrogens with zero attached hydrogens (tertiary/aromatic N) is 1. The van der Waals surface area contributed by atoms with Gasteiger partial charge in [-0.15, -0.1) is 0 Å². The molecule has 1 saturated heterocycles. The predicted molar refractivity (Wildman–Crippen MR) is 63.9 cm³/mol. The quantitative estimate of drug-likeness (QED) is 0.750. The molecule has 0 spiro atoms. The van der Waals surface area contributed by atoms with E-state index in [2.05, 4.69) is 25.9 Å². The van der Waals surface area contributed by atoms with Crippen LogP contribution in [0.2, 0.25) is 0 Å². The van der Waals surface area contributed by atoms with Gasteiger partial charge in [0.05, 0.1) is 0 Å². The molecule has 1 aliphatic rings. The number of hydrogen-bond donors (Lipinski definition) is 1. The van der Waals surface area contributed by atoms with Crippen molar-refractivity contribution in [2.24, 2.45) is 17.6 Å². The maximum absolute atomic E-state index is 5.87. The molecule has 0 aromatic heterocycles. The van der Waals surface area contributed by atoms with Crippen molar-refractivity contribution in [3.05, 3.63) is 0 Å². The molecule has 3 nitrogen and oxygen atoms in total. The van der Waals surface area contributed by atoms with Gasteiger partial charge in [0.1, 0.15) is 0 Å². The second-order valence-corrected chi connectivity index (χ2v) is 4.81. The molecule has 2 atom stereocenters. The van der Waals surface area contributed by atoms with Crippen LogP contribution in [0.15, 0.2) is 0 Å². The first kappa shape index (κ1) is 12.9. The van der Waals surface area contributed by atoms with Crippen LogP contribution in [0.25, 0.3) is 0 Å². The first-order valence-corrected chi connectivity index (χ1v) is 6.14. The van der Waals surface area contributed by atoms with E-state index < -0.39 is 0 Å². The first-order chi connectivity index (χ1) is 7.20. The summed E-state index contributed by atoms with van der Waals surface area (Å²) in [6.45, 7) is 4.90. The fourth-order valence-corrected chi connectivity index (χ4v) is 2.83. The number of ether oxygens (including phenoxy) is 1. The van der Waals surface area contributed by atoms with E-state index in [-0.39, 0.29) is 0 Å². The molecule has 1 aliphatic heterocycles. The number of nitrogens with two attached hydrogens (primary N) is 1. The van der Waals surface area contributed by atoms with Gasteiger partial charge in [0.25, 0.3) is 0 Å². The summed E-state index contributed by atoms with van der Waals surface area (Å²) in [5, 5.41) is 0. The van der Waals surface area contributed by atoms with Gasteiger partial charge in [-0.1, -0.05) is 13.3 Å². The van der Waals surface area contributed by atoms with Crippen LogP contribution in [0.5, 0.6) is 0 Å². The van der Waals surface area contributed by atoms with Crippen molar-refractivity contribution in [2.75, 3.05) is 33.9 Å². The van der Waals surface area contributed by atoms with E-state index in [1.54, 1.807) is 0 Å². The van der Waals surface area contributed by atoms with Crippen LogP contribution in [-0.4, -0.2) is 44.8 Å². The Labute approximate surface area is 94.0 Å². The fourth-order valence-electron chi connectivity index (χ4n) is 2.83. The first-order valence-electron chi connectivity index (χ1n) is 6.14. The van der Waals surface area contributed by atoms with Gasteiger partial charge in [-0.25, -0.2) is 0 Å². The minimum absolute atomic E-state index is 0.628. The van der Waals surface area contributed by atoms with Gasteiger partial charge in [0.15, 0.2) is 0 Å². The van der Waals surface area contributed by atoms with Crippen LogP contribution < -0.4 is 5.73 Å². The molecule has 1 rings (SSSR count). The van der Waals surface area contributed by atoms with Crippen molar-refractivity contribution < 1.29 is 4.74 Å². The summed E-state index contributed by atoms with van der Waals surface area (Å²) >= 11 is 0. The second-order valence-electron chi connectivity index (χ2n) is 4.81. The molecular formula is C12H26N2O. The third kappa shape index (κ3) is 3.44. The van der Waals surface area contributed by atoms with Crippen molar-refractivity contribution in [3.8, 4) is 0 Å². The molecule has 15 heavy (non-hydrogen) atoms. The molecule has 0 bridgehead atoms. The Kier molecular flexibility index (Phi) is 5.58. The van der Waals surface area contributed by atoms with E-state index in [0.29, 0.717) is 12.0 Å². The van der Waals surface area contributed by atoms with Crippen LogP contribution in [0.4, 0.5) is 0 Å². The molecule has 90 valence electrons. The van der Waals surface area contributed by atoms with Gasteiger partial charge in [-0.3, -0.25) is 0 Å². The smallest absolute Gasteiger partial charge is 0.0469 e. The summed E-state index contributed by atoms with van der Waals surface area (Å²) in [6, 6.07) is 0.629. The van der Waals surface area contributed by atoms with Crippen molar-refractivity contribution in [2.45, 2.75) is 32.2 Å². The van der Waals surface area contributed by atoms with E-state index in [1.807, 2.05) is 0 Å². The molecule has 2 unspecified atom stereocenters. The molecule has 1 fully saturated rings. The van der Waals surface area contributed by atoms with Gasteiger partial charge < -0.3 is 15.4 Å². The highest BCUT2D eigenvalue weighted by atomic mass is 16.5. The third-order valence-corrected chi connectivity index (χ3v) is 3.66. The van der Waals surface area contributed by atoms with Crippen LogP contribution >= 0.6 is 0 Å². The van der Waals surface area contributed by atoms with Crippen molar-refractivity contribution in [1.29, 1.82) is 0 Å². The maximum Gasteiger partial charge on any atom is 0.0469 e. The van der Waals surface area contributed by atoms with Gasteiger partial charge in [0, 0.05) is 19.3 Å². The Morgan fingerprint density at radius 1 is 1.33 bits per heavy atom. The zero-order valence-electron chi connectivity index (χ0n) is 10.4. The van der Waals surface area contributed by atoms with Gasteiger partial charge in [-0.05, 0) is 45.3 Å². The lowest BCUT2D eigenvalue weighted by atomic mass is 9.81.